The molecule has 1 fully saturated rings. The first-order valence-corrected chi connectivity index (χ1v) is 11.4. The van der Waals surface area contributed by atoms with Crippen molar-refractivity contribution >= 4 is 23.5 Å². The average molecular weight is 461 g/mol. The highest BCUT2D eigenvalue weighted by Crippen LogP contribution is 2.35. The van der Waals surface area contributed by atoms with Gasteiger partial charge in [-0.1, -0.05) is 42.5 Å². The minimum Gasteiger partial charge on any atom is -0.492 e. The summed E-state index contributed by atoms with van der Waals surface area (Å²) in [5.74, 6) is 0.752. The minimum absolute atomic E-state index is 0.0804. The van der Waals surface area contributed by atoms with Crippen molar-refractivity contribution in [2.24, 2.45) is 5.92 Å². The molecule has 1 aliphatic heterocycles. The summed E-state index contributed by atoms with van der Waals surface area (Å²) in [4.78, 5) is 37.8. The molecule has 0 bridgehead atoms. The number of nitrogens with zero attached hydrogens (tertiary/aromatic N) is 4. The number of anilines is 2. The molecule has 0 saturated carbocycles. The van der Waals surface area contributed by atoms with Crippen LogP contribution in [0.1, 0.15) is 25.3 Å². The normalized spacial score (nSPS) is 13.9. The molecule has 1 aromatic heterocycles. The number of carbonyl (C=O) groups is 2. The summed E-state index contributed by atoms with van der Waals surface area (Å²) in [5, 5.41) is 0. The number of hydrogen-bond acceptors (Lipinski definition) is 6. The van der Waals surface area contributed by atoms with Crippen molar-refractivity contribution in [3.63, 3.8) is 0 Å². The molecule has 3 aromatic rings. The maximum atomic E-state index is 13.7. The van der Waals surface area contributed by atoms with Crippen molar-refractivity contribution in [3.8, 4) is 5.75 Å². The van der Waals surface area contributed by atoms with Gasteiger partial charge in [-0.2, -0.15) is 0 Å². The summed E-state index contributed by atoms with van der Waals surface area (Å²) < 4.78 is 11.2. The van der Waals surface area contributed by atoms with Gasteiger partial charge in [0.05, 0.1) is 12.3 Å². The van der Waals surface area contributed by atoms with Gasteiger partial charge in [0, 0.05) is 25.2 Å². The fraction of sp³-hybridized carbons (Fsp3) is 0.308. The lowest BCUT2D eigenvalue weighted by Crippen LogP contribution is -2.43. The Balaban J connectivity index is 1.45. The van der Waals surface area contributed by atoms with Crippen LogP contribution in [0.4, 0.5) is 16.3 Å². The number of benzene rings is 2. The predicted molar refractivity (Wildman–Crippen MR) is 128 cm³/mol. The number of piperidine rings is 1. The second-order valence-corrected chi connectivity index (χ2v) is 7.94. The largest absolute Gasteiger partial charge is 0.492 e. The number of aromatic nitrogens is 2. The van der Waals surface area contributed by atoms with Crippen molar-refractivity contribution in [1.82, 2.24) is 14.9 Å². The lowest BCUT2D eigenvalue weighted by Gasteiger charge is -2.33. The van der Waals surface area contributed by atoms with E-state index in [0.29, 0.717) is 49.8 Å². The highest BCUT2D eigenvalue weighted by molar-refractivity contribution is 6.02. The van der Waals surface area contributed by atoms with E-state index in [-0.39, 0.29) is 24.5 Å². The standard InChI is InChI=1S/C26H28N4O4/c1-2-33-23-11-7-6-10-22(23)30(24-12-15-27-19-28-24)25(31)21-13-16-29(17-14-21)26(32)34-18-20-8-4-3-5-9-20/h3-12,15,19,21H,2,13-14,16-18H2,1H3. The number of ether oxygens (including phenoxy) is 2. The van der Waals surface area contributed by atoms with Crippen LogP contribution >= 0.6 is 0 Å². The molecule has 2 amide bonds. The summed E-state index contributed by atoms with van der Waals surface area (Å²) in [6.07, 6.45) is 3.75. The maximum Gasteiger partial charge on any atom is 0.410 e. The highest BCUT2D eigenvalue weighted by atomic mass is 16.6. The van der Waals surface area contributed by atoms with Gasteiger partial charge in [-0.3, -0.25) is 9.69 Å². The Morgan fingerprint density at radius 1 is 1.03 bits per heavy atom. The number of rotatable bonds is 7. The van der Waals surface area contributed by atoms with Gasteiger partial charge >= 0.3 is 6.09 Å². The molecule has 2 heterocycles. The van der Waals surface area contributed by atoms with Crippen LogP contribution in [0.2, 0.25) is 0 Å². The van der Waals surface area contributed by atoms with E-state index in [0.717, 1.165) is 5.56 Å². The van der Waals surface area contributed by atoms with E-state index < -0.39 is 0 Å². The Bertz CT molecular complexity index is 1090. The molecule has 4 rings (SSSR count). The van der Waals surface area contributed by atoms with Crippen LogP contribution < -0.4 is 9.64 Å². The maximum absolute atomic E-state index is 13.7. The molecule has 0 radical (unpaired) electrons. The van der Waals surface area contributed by atoms with Gasteiger partial charge in [-0.25, -0.2) is 14.8 Å². The van der Waals surface area contributed by atoms with Crippen LogP contribution in [0.5, 0.6) is 5.75 Å². The van der Waals surface area contributed by atoms with Gasteiger partial charge in [0.2, 0.25) is 5.91 Å². The number of likely N-dealkylation sites (tertiary alicyclic amines) is 1. The zero-order valence-electron chi connectivity index (χ0n) is 19.2. The molecule has 0 aliphatic carbocycles. The Hall–Kier alpha value is -3.94. The minimum atomic E-state index is -0.357. The molecule has 0 N–H and O–H groups in total. The summed E-state index contributed by atoms with van der Waals surface area (Å²) in [7, 11) is 0. The second-order valence-electron chi connectivity index (χ2n) is 7.94. The molecular formula is C26H28N4O4. The molecule has 8 nitrogen and oxygen atoms in total. The van der Waals surface area contributed by atoms with E-state index in [2.05, 4.69) is 9.97 Å². The van der Waals surface area contributed by atoms with Crippen molar-refractivity contribution in [2.75, 3.05) is 24.6 Å². The molecule has 8 heteroatoms. The summed E-state index contributed by atoms with van der Waals surface area (Å²) in [6.45, 7) is 3.52. The topological polar surface area (TPSA) is 84.9 Å². The molecular weight excluding hydrogens is 432 g/mol. The first kappa shape index (κ1) is 23.2. The van der Waals surface area contributed by atoms with Gasteiger partial charge in [0.1, 0.15) is 24.5 Å². The molecule has 2 aromatic carbocycles. The smallest absolute Gasteiger partial charge is 0.410 e. The monoisotopic (exact) mass is 460 g/mol. The Kier molecular flexibility index (Phi) is 7.70. The molecule has 0 spiro atoms. The summed E-state index contributed by atoms with van der Waals surface area (Å²) in [5.41, 5.74) is 1.58. The first-order chi connectivity index (χ1) is 16.7. The molecule has 1 aliphatic rings. The van der Waals surface area contributed by atoms with Crippen LogP contribution in [-0.4, -0.2) is 46.6 Å². The second kappa shape index (κ2) is 11.3. The number of carbonyl (C=O) groups excluding carboxylic acids is 2. The molecule has 0 atom stereocenters. The van der Waals surface area contributed by atoms with Gasteiger partial charge in [-0.05, 0) is 43.5 Å². The van der Waals surface area contributed by atoms with Crippen LogP contribution in [0, 0.1) is 5.92 Å². The van der Waals surface area contributed by atoms with Gasteiger partial charge < -0.3 is 14.4 Å². The van der Waals surface area contributed by atoms with Crippen molar-refractivity contribution < 1.29 is 19.1 Å². The molecule has 0 unspecified atom stereocenters. The average Bonchev–Trinajstić information content (AvgIpc) is 2.90. The molecule has 176 valence electrons. The molecule has 34 heavy (non-hydrogen) atoms. The van der Waals surface area contributed by atoms with E-state index in [9.17, 15) is 9.59 Å². The zero-order chi connectivity index (χ0) is 23.8. The Morgan fingerprint density at radius 3 is 2.47 bits per heavy atom. The van der Waals surface area contributed by atoms with E-state index in [1.807, 2.05) is 61.5 Å². The number of para-hydroxylation sites is 2. The van der Waals surface area contributed by atoms with Gasteiger partial charge in [0.25, 0.3) is 0 Å². The SMILES string of the molecule is CCOc1ccccc1N(C(=O)C1CCN(C(=O)OCc2ccccc2)CC1)c1ccncn1. The summed E-state index contributed by atoms with van der Waals surface area (Å²) >= 11 is 0. The van der Waals surface area contributed by atoms with Crippen molar-refractivity contribution in [2.45, 2.75) is 26.4 Å². The Morgan fingerprint density at radius 2 is 1.76 bits per heavy atom. The van der Waals surface area contributed by atoms with Crippen LogP contribution in [0.3, 0.4) is 0 Å². The predicted octanol–water partition coefficient (Wildman–Crippen LogP) is 4.59. The van der Waals surface area contributed by atoms with Crippen molar-refractivity contribution in [3.05, 3.63) is 78.8 Å². The number of hydrogen-bond donors (Lipinski definition) is 0. The number of amides is 2. The van der Waals surface area contributed by atoms with E-state index in [1.165, 1.54) is 6.33 Å². The van der Waals surface area contributed by atoms with Crippen LogP contribution in [-0.2, 0) is 16.1 Å². The van der Waals surface area contributed by atoms with E-state index >= 15 is 0 Å². The first-order valence-electron chi connectivity index (χ1n) is 11.4. The fourth-order valence-electron chi connectivity index (χ4n) is 3.99. The van der Waals surface area contributed by atoms with Crippen LogP contribution in [0.15, 0.2) is 73.2 Å². The third kappa shape index (κ3) is 5.51. The lowest BCUT2D eigenvalue weighted by molar-refractivity contribution is -0.123. The van der Waals surface area contributed by atoms with Crippen LogP contribution in [0.25, 0.3) is 0 Å². The highest BCUT2D eigenvalue weighted by Gasteiger charge is 2.33. The van der Waals surface area contributed by atoms with E-state index in [1.54, 1.807) is 22.1 Å². The zero-order valence-corrected chi connectivity index (χ0v) is 19.2. The van der Waals surface area contributed by atoms with Crippen molar-refractivity contribution in [1.29, 1.82) is 0 Å². The van der Waals surface area contributed by atoms with E-state index in [4.69, 9.17) is 9.47 Å². The Labute approximate surface area is 199 Å². The quantitative estimate of drug-likeness (QED) is 0.513. The van der Waals surface area contributed by atoms with Gasteiger partial charge in [-0.15, -0.1) is 0 Å². The lowest BCUT2D eigenvalue weighted by atomic mass is 9.95. The third-order valence-electron chi connectivity index (χ3n) is 5.73. The fourth-order valence-corrected chi connectivity index (χ4v) is 3.99. The summed E-state index contributed by atoms with van der Waals surface area (Å²) in [6, 6.07) is 18.7. The van der Waals surface area contributed by atoms with Gasteiger partial charge in [0.15, 0.2) is 0 Å². The molecule has 1 saturated heterocycles. The third-order valence-corrected chi connectivity index (χ3v) is 5.73.